The number of carbonyl (C=O) groups excluding carboxylic acids is 4. The molecule has 10 nitrogen and oxygen atoms in total. The summed E-state index contributed by atoms with van der Waals surface area (Å²) in [4.78, 5) is 60.3. The van der Waals surface area contributed by atoms with Crippen molar-refractivity contribution in [3.8, 4) is 0 Å². The highest BCUT2D eigenvalue weighted by atomic mass is 35.5. The first-order valence-electron chi connectivity index (χ1n) is 9.49. The fourth-order valence-corrected chi connectivity index (χ4v) is 3.30. The number of fused-ring (bicyclic) bond motifs is 1. The quantitative estimate of drug-likeness (QED) is 0.290. The largest absolute Gasteiger partial charge is 0.452 e. The lowest BCUT2D eigenvalue weighted by Crippen LogP contribution is -2.34. The fraction of sp³-hybridized carbons (Fsp3) is 0.238. The van der Waals surface area contributed by atoms with Crippen molar-refractivity contribution >= 4 is 46.7 Å². The zero-order chi connectivity index (χ0) is 23.6. The molecule has 0 aromatic heterocycles. The van der Waals surface area contributed by atoms with E-state index in [1.807, 2.05) is 0 Å². The summed E-state index contributed by atoms with van der Waals surface area (Å²) in [6, 6.07) is 8.41. The lowest BCUT2D eigenvalue weighted by Gasteiger charge is -2.16. The van der Waals surface area contributed by atoms with Gasteiger partial charge >= 0.3 is 5.97 Å². The zero-order valence-corrected chi connectivity index (χ0v) is 17.8. The molecule has 3 rings (SSSR count). The number of nitrogens with zero attached hydrogens (tertiary/aromatic N) is 2. The van der Waals surface area contributed by atoms with Crippen LogP contribution in [0.4, 0.5) is 11.4 Å². The molecule has 166 valence electrons. The molecule has 0 saturated heterocycles. The minimum Gasteiger partial charge on any atom is -0.452 e. The summed E-state index contributed by atoms with van der Waals surface area (Å²) in [5, 5.41) is 13.1. The third-order valence-electron chi connectivity index (χ3n) is 4.76. The molecule has 0 bridgehead atoms. The SMILES string of the molecule is Cc1ccc2c(c1)C(=O)N(CCC(=O)OC(C)C(=O)Nc1ccc([N+](=O)[O-])cc1Cl)C2=O. The van der Waals surface area contributed by atoms with Crippen molar-refractivity contribution in [1.29, 1.82) is 0 Å². The molecule has 0 aliphatic carbocycles. The van der Waals surface area contributed by atoms with Crippen LogP contribution in [-0.4, -0.2) is 46.2 Å². The number of esters is 1. The Labute approximate surface area is 187 Å². The number of nitrogens with one attached hydrogen (secondary N) is 1. The number of anilines is 1. The molecule has 1 aliphatic rings. The van der Waals surface area contributed by atoms with Gasteiger partial charge in [-0.25, -0.2) is 0 Å². The molecule has 2 aromatic carbocycles. The Morgan fingerprint density at radius 2 is 1.84 bits per heavy atom. The summed E-state index contributed by atoms with van der Waals surface area (Å²) in [6.45, 7) is 2.94. The maximum atomic E-state index is 12.4. The van der Waals surface area contributed by atoms with Gasteiger partial charge in [0.05, 0.1) is 33.2 Å². The first-order valence-corrected chi connectivity index (χ1v) is 9.87. The number of halogens is 1. The average molecular weight is 460 g/mol. The second-order valence-corrected chi connectivity index (χ2v) is 7.51. The number of hydrogen-bond acceptors (Lipinski definition) is 7. The number of aryl methyl sites for hydroxylation is 1. The van der Waals surface area contributed by atoms with E-state index in [4.69, 9.17) is 16.3 Å². The Bertz CT molecular complexity index is 1150. The monoisotopic (exact) mass is 459 g/mol. The first-order chi connectivity index (χ1) is 15.1. The van der Waals surface area contributed by atoms with Crippen LogP contribution in [0, 0.1) is 17.0 Å². The highest BCUT2D eigenvalue weighted by Crippen LogP contribution is 2.27. The van der Waals surface area contributed by atoms with Crippen molar-refractivity contribution in [2.45, 2.75) is 26.4 Å². The number of ether oxygens (including phenoxy) is 1. The Morgan fingerprint density at radius 3 is 2.50 bits per heavy atom. The molecular weight excluding hydrogens is 442 g/mol. The van der Waals surface area contributed by atoms with Gasteiger partial charge in [0.25, 0.3) is 23.4 Å². The van der Waals surface area contributed by atoms with E-state index >= 15 is 0 Å². The molecule has 1 heterocycles. The van der Waals surface area contributed by atoms with Crippen molar-refractivity contribution in [2.24, 2.45) is 0 Å². The van der Waals surface area contributed by atoms with Gasteiger partial charge in [-0.3, -0.25) is 34.2 Å². The summed E-state index contributed by atoms with van der Waals surface area (Å²) in [6.07, 6.45) is -1.50. The number of hydrogen-bond donors (Lipinski definition) is 1. The fourth-order valence-electron chi connectivity index (χ4n) is 3.07. The molecule has 2 aromatic rings. The maximum absolute atomic E-state index is 12.4. The van der Waals surface area contributed by atoms with E-state index < -0.39 is 34.7 Å². The molecular formula is C21H18ClN3O7. The number of non-ortho nitro benzene ring substituents is 1. The lowest BCUT2D eigenvalue weighted by molar-refractivity contribution is -0.384. The molecule has 1 N–H and O–H groups in total. The van der Waals surface area contributed by atoms with Crippen LogP contribution in [-0.2, 0) is 14.3 Å². The number of rotatable bonds is 7. The smallest absolute Gasteiger partial charge is 0.308 e. The molecule has 0 radical (unpaired) electrons. The van der Waals surface area contributed by atoms with E-state index in [-0.39, 0.29) is 40.5 Å². The highest BCUT2D eigenvalue weighted by molar-refractivity contribution is 6.34. The summed E-state index contributed by atoms with van der Waals surface area (Å²) in [7, 11) is 0. The van der Waals surface area contributed by atoms with E-state index in [0.29, 0.717) is 0 Å². The molecule has 0 saturated carbocycles. The van der Waals surface area contributed by atoms with Crippen molar-refractivity contribution in [3.63, 3.8) is 0 Å². The first kappa shape index (κ1) is 22.9. The van der Waals surface area contributed by atoms with E-state index in [1.54, 1.807) is 25.1 Å². The Hall–Kier alpha value is -3.79. The van der Waals surface area contributed by atoms with Gasteiger partial charge in [-0.05, 0) is 32.0 Å². The number of carbonyl (C=O) groups is 4. The highest BCUT2D eigenvalue weighted by Gasteiger charge is 2.35. The van der Waals surface area contributed by atoms with Crippen LogP contribution in [0.5, 0.6) is 0 Å². The number of imide groups is 1. The van der Waals surface area contributed by atoms with Crippen molar-refractivity contribution < 1.29 is 28.8 Å². The summed E-state index contributed by atoms with van der Waals surface area (Å²) in [5.74, 6) is -2.46. The number of nitro benzene ring substituents is 1. The molecule has 0 spiro atoms. The van der Waals surface area contributed by atoms with Crippen molar-refractivity contribution in [2.75, 3.05) is 11.9 Å². The van der Waals surface area contributed by atoms with Gasteiger partial charge in [-0.1, -0.05) is 23.2 Å². The van der Waals surface area contributed by atoms with Crippen LogP contribution in [0.25, 0.3) is 0 Å². The maximum Gasteiger partial charge on any atom is 0.308 e. The molecule has 32 heavy (non-hydrogen) atoms. The van der Waals surface area contributed by atoms with E-state index in [1.165, 1.54) is 19.1 Å². The van der Waals surface area contributed by atoms with E-state index in [0.717, 1.165) is 16.5 Å². The predicted molar refractivity (Wildman–Crippen MR) is 113 cm³/mol. The molecule has 11 heteroatoms. The third kappa shape index (κ3) is 4.75. The van der Waals surface area contributed by atoms with E-state index in [2.05, 4.69) is 5.32 Å². The Kier molecular flexibility index (Phi) is 6.54. The molecule has 1 atom stereocenters. The lowest BCUT2D eigenvalue weighted by atomic mass is 10.1. The standard InChI is InChI=1S/C21H18ClN3O7/c1-11-3-5-14-15(9-11)21(29)24(20(14)28)8-7-18(26)32-12(2)19(27)23-17-6-4-13(25(30)31)10-16(17)22/h3-6,9-10,12H,7-8H2,1-2H3,(H,23,27). The van der Waals surface area contributed by atoms with Gasteiger partial charge in [0.15, 0.2) is 6.10 Å². The molecule has 1 unspecified atom stereocenters. The predicted octanol–water partition coefficient (Wildman–Crippen LogP) is 3.11. The second kappa shape index (κ2) is 9.15. The van der Waals surface area contributed by atoms with Crippen LogP contribution in [0.1, 0.15) is 39.6 Å². The summed E-state index contributed by atoms with van der Waals surface area (Å²) < 4.78 is 5.06. The van der Waals surface area contributed by atoms with Gasteiger partial charge in [0.1, 0.15) is 0 Å². The van der Waals surface area contributed by atoms with Crippen LogP contribution in [0.3, 0.4) is 0 Å². The minimum atomic E-state index is -1.21. The van der Waals surface area contributed by atoms with Crippen LogP contribution in [0.2, 0.25) is 5.02 Å². The van der Waals surface area contributed by atoms with Gasteiger partial charge in [-0.2, -0.15) is 0 Å². The minimum absolute atomic E-state index is 0.0491. The van der Waals surface area contributed by atoms with Crippen molar-refractivity contribution in [3.05, 3.63) is 68.2 Å². The molecule has 3 amide bonds. The number of nitro groups is 1. The van der Waals surface area contributed by atoms with Gasteiger partial charge in [0.2, 0.25) is 0 Å². The van der Waals surface area contributed by atoms with Gasteiger partial charge in [-0.15, -0.1) is 0 Å². The second-order valence-electron chi connectivity index (χ2n) is 7.10. The van der Waals surface area contributed by atoms with E-state index in [9.17, 15) is 29.3 Å². The molecule has 0 fully saturated rings. The average Bonchev–Trinajstić information content (AvgIpc) is 2.97. The number of benzene rings is 2. The summed E-state index contributed by atoms with van der Waals surface area (Å²) >= 11 is 5.93. The van der Waals surface area contributed by atoms with Gasteiger partial charge in [0, 0.05) is 18.7 Å². The topological polar surface area (TPSA) is 136 Å². The van der Waals surface area contributed by atoms with Gasteiger partial charge < -0.3 is 10.1 Å². The zero-order valence-electron chi connectivity index (χ0n) is 17.1. The normalized spacial score (nSPS) is 13.5. The Morgan fingerprint density at radius 1 is 1.16 bits per heavy atom. The van der Waals surface area contributed by atoms with Crippen molar-refractivity contribution in [1.82, 2.24) is 4.90 Å². The van der Waals surface area contributed by atoms with Crippen LogP contribution in [0.15, 0.2) is 36.4 Å². The van der Waals surface area contributed by atoms with Crippen LogP contribution >= 0.6 is 11.6 Å². The number of amides is 3. The third-order valence-corrected chi connectivity index (χ3v) is 5.08. The summed E-state index contributed by atoms with van der Waals surface area (Å²) in [5.41, 5.74) is 1.28. The Balaban J connectivity index is 1.54. The molecule has 1 aliphatic heterocycles. The van der Waals surface area contributed by atoms with Crippen LogP contribution < -0.4 is 5.32 Å².